The topological polar surface area (TPSA) is 130 Å². The van der Waals surface area contributed by atoms with Crippen molar-refractivity contribution in [1.29, 1.82) is 0 Å². The number of sulfone groups is 1. The molecule has 0 aliphatic carbocycles. The van der Waals surface area contributed by atoms with Crippen molar-refractivity contribution in [3.63, 3.8) is 0 Å². The van der Waals surface area contributed by atoms with Crippen molar-refractivity contribution in [3.8, 4) is 0 Å². The molecule has 0 saturated heterocycles. The summed E-state index contributed by atoms with van der Waals surface area (Å²) in [6, 6.07) is 3.00. The van der Waals surface area contributed by atoms with E-state index in [2.05, 4.69) is 0 Å². The highest BCUT2D eigenvalue weighted by atomic mass is 32.2. The standard InChI is InChI=1S/C13H17NO8S2/c1-3-21-6-7-22-13(15)9-23(18)12-5-4-10(24(2,19)20)8-11(12)14(16)17/h4-5,8H,3,6-7,9H2,1-2H3. The van der Waals surface area contributed by atoms with E-state index in [0.717, 1.165) is 24.5 Å². The Morgan fingerprint density at radius 2 is 2.00 bits per heavy atom. The number of nitro benzene ring substituents is 1. The number of rotatable bonds is 9. The molecule has 0 aliphatic rings. The highest BCUT2D eigenvalue weighted by molar-refractivity contribution is 7.90. The molecule has 0 N–H and O–H groups in total. The van der Waals surface area contributed by atoms with Crippen molar-refractivity contribution in [3.05, 3.63) is 28.3 Å². The maximum absolute atomic E-state index is 12.2. The molecule has 1 aromatic carbocycles. The van der Waals surface area contributed by atoms with Gasteiger partial charge in [-0.25, -0.2) is 8.42 Å². The number of hydrogen-bond acceptors (Lipinski definition) is 8. The summed E-state index contributed by atoms with van der Waals surface area (Å²) in [6.07, 6.45) is 0.901. The van der Waals surface area contributed by atoms with Gasteiger partial charge in [-0.2, -0.15) is 0 Å². The van der Waals surface area contributed by atoms with Gasteiger partial charge < -0.3 is 9.47 Å². The number of carbonyl (C=O) groups excluding carboxylic acids is 1. The number of ether oxygens (including phenoxy) is 2. The van der Waals surface area contributed by atoms with E-state index in [9.17, 15) is 27.5 Å². The predicted octanol–water partition coefficient (Wildman–Crippen LogP) is 0.686. The van der Waals surface area contributed by atoms with Crippen molar-refractivity contribution in [2.45, 2.75) is 16.7 Å². The van der Waals surface area contributed by atoms with Crippen LogP contribution in [0.1, 0.15) is 6.92 Å². The van der Waals surface area contributed by atoms with Crippen LogP contribution >= 0.6 is 0 Å². The summed E-state index contributed by atoms with van der Waals surface area (Å²) >= 11 is 0. The number of nitrogens with zero attached hydrogens (tertiary/aromatic N) is 1. The molecule has 0 saturated carbocycles. The van der Waals surface area contributed by atoms with E-state index >= 15 is 0 Å². The Morgan fingerprint density at radius 3 is 2.54 bits per heavy atom. The van der Waals surface area contributed by atoms with Gasteiger partial charge in [0, 0.05) is 18.9 Å². The summed E-state index contributed by atoms with van der Waals surface area (Å²) < 4.78 is 44.8. The molecule has 0 fully saturated rings. The summed E-state index contributed by atoms with van der Waals surface area (Å²) in [4.78, 5) is 21.3. The third-order valence-electron chi connectivity index (χ3n) is 2.74. The molecule has 0 bridgehead atoms. The van der Waals surface area contributed by atoms with E-state index in [4.69, 9.17) is 9.47 Å². The molecule has 1 atom stereocenters. The molecular weight excluding hydrogens is 362 g/mol. The van der Waals surface area contributed by atoms with Crippen molar-refractivity contribution < 1.29 is 31.8 Å². The van der Waals surface area contributed by atoms with Crippen LogP contribution in [0.15, 0.2) is 28.0 Å². The molecule has 1 aromatic rings. The maximum Gasteiger partial charge on any atom is 0.319 e. The van der Waals surface area contributed by atoms with Crippen LogP contribution in [-0.2, 0) is 34.9 Å². The van der Waals surface area contributed by atoms with Gasteiger partial charge in [-0.3, -0.25) is 19.1 Å². The Kier molecular flexibility index (Phi) is 7.45. The SMILES string of the molecule is CCOCCOC(=O)CS(=O)c1ccc(S(C)(=O)=O)cc1[N+](=O)[O-]. The first kappa shape index (κ1) is 20.2. The second-order valence-electron chi connectivity index (χ2n) is 4.57. The number of carbonyl (C=O) groups is 1. The van der Waals surface area contributed by atoms with Gasteiger partial charge in [0.15, 0.2) is 9.84 Å². The number of esters is 1. The first-order valence-corrected chi connectivity index (χ1v) is 9.98. The molecule has 0 amide bonds. The first-order chi connectivity index (χ1) is 11.2. The quantitative estimate of drug-likeness (QED) is 0.265. The third kappa shape index (κ3) is 5.98. The third-order valence-corrected chi connectivity index (χ3v) is 5.19. The van der Waals surface area contributed by atoms with Crippen molar-refractivity contribution in [2.24, 2.45) is 0 Å². The minimum atomic E-state index is -3.65. The smallest absolute Gasteiger partial charge is 0.319 e. The first-order valence-electron chi connectivity index (χ1n) is 6.77. The Balaban J connectivity index is 2.90. The van der Waals surface area contributed by atoms with Crippen LogP contribution in [0, 0.1) is 10.1 Å². The summed E-state index contributed by atoms with van der Waals surface area (Å²) in [5.74, 6) is -1.37. The van der Waals surface area contributed by atoms with Gasteiger partial charge in [0.2, 0.25) is 0 Å². The lowest BCUT2D eigenvalue weighted by molar-refractivity contribution is -0.388. The van der Waals surface area contributed by atoms with E-state index in [-0.39, 0.29) is 23.0 Å². The van der Waals surface area contributed by atoms with Crippen LogP contribution in [0.2, 0.25) is 0 Å². The van der Waals surface area contributed by atoms with Crippen LogP contribution in [0.5, 0.6) is 0 Å². The monoisotopic (exact) mass is 379 g/mol. The minimum absolute atomic E-state index is 0.0149. The zero-order chi connectivity index (χ0) is 18.3. The maximum atomic E-state index is 12.2. The lowest BCUT2D eigenvalue weighted by atomic mass is 10.3. The Bertz CT molecular complexity index is 744. The van der Waals surface area contributed by atoms with E-state index in [1.807, 2.05) is 0 Å². The van der Waals surface area contributed by atoms with Gasteiger partial charge in [0.05, 0.1) is 27.2 Å². The molecule has 1 unspecified atom stereocenters. The van der Waals surface area contributed by atoms with Crippen molar-refractivity contribution >= 4 is 32.3 Å². The van der Waals surface area contributed by atoms with Crippen LogP contribution in [-0.4, -0.2) is 55.3 Å². The van der Waals surface area contributed by atoms with Gasteiger partial charge in [0.25, 0.3) is 5.69 Å². The van der Waals surface area contributed by atoms with Gasteiger partial charge in [0.1, 0.15) is 17.3 Å². The molecular formula is C13H17NO8S2. The van der Waals surface area contributed by atoms with E-state index in [0.29, 0.717) is 6.61 Å². The molecule has 0 radical (unpaired) electrons. The normalized spacial score (nSPS) is 12.6. The summed E-state index contributed by atoms with van der Waals surface area (Å²) in [5.41, 5.74) is -0.627. The molecule has 24 heavy (non-hydrogen) atoms. The lowest BCUT2D eigenvalue weighted by Gasteiger charge is -2.06. The average molecular weight is 379 g/mol. The number of nitro groups is 1. The molecule has 9 nitrogen and oxygen atoms in total. The zero-order valence-electron chi connectivity index (χ0n) is 13.1. The molecule has 134 valence electrons. The summed E-state index contributed by atoms with van der Waals surface area (Å²) in [6.45, 7) is 2.41. The second kappa shape index (κ2) is 8.85. The van der Waals surface area contributed by atoms with Crippen molar-refractivity contribution in [1.82, 2.24) is 0 Å². The largest absolute Gasteiger partial charge is 0.463 e. The lowest BCUT2D eigenvalue weighted by Crippen LogP contribution is -2.17. The zero-order valence-corrected chi connectivity index (χ0v) is 14.7. The number of hydrogen-bond donors (Lipinski definition) is 0. The fourth-order valence-corrected chi connectivity index (χ4v) is 3.33. The molecule has 0 aliphatic heterocycles. The average Bonchev–Trinajstić information content (AvgIpc) is 2.50. The van der Waals surface area contributed by atoms with Crippen molar-refractivity contribution in [2.75, 3.05) is 31.8 Å². The van der Waals surface area contributed by atoms with Crippen LogP contribution < -0.4 is 0 Å². The van der Waals surface area contributed by atoms with Crippen LogP contribution in [0.4, 0.5) is 5.69 Å². The predicted molar refractivity (Wildman–Crippen MR) is 84.9 cm³/mol. The fraction of sp³-hybridized carbons (Fsp3) is 0.462. The molecule has 1 rings (SSSR count). The van der Waals surface area contributed by atoms with Gasteiger partial charge in [-0.15, -0.1) is 0 Å². The van der Waals surface area contributed by atoms with E-state index < -0.39 is 43.0 Å². The minimum Gasteiger partial charge on any atom is -0.463 e. The molecule has 0 heterocycles. The Hall–Kier alpha value is -1.85. The van der Waals surface area contributed by atoms with E-state index in [1.54, 1.807) is 6.92 Å². The van der Waals surface area contributed by atoms with Crippen LogP contribution in [0.25, 0.3) is 0 Å². The van der Waals surface area contributed by atoms with Crippen LogP contribution in [0.3, 0.4) is 0 Å². The molecule has 0 aromatic heterocycles. The highest BCUT2D eigenvalue weighted by Crippen LogP contribution is 2.26. The van der Waals surface area contributed by atoms with E-state index in [1.165, 1.54) is 0 Å². The van der Waals surface area contributed by atoms with Gasteiger partial charge in [-0.05, 0) is 19.1 Å². The van der Waals surface area contributed by atoms with Gasteiger partial charge in [-0.1, -0.05) is 0 Å². The number of benzene rings is 1. The summed E-state index contributed by atoms with van der Waals surface area (Å²) in [5, 5.41) is 11.1. The summed E-state index contributed by atoms with van der Waals surface area (Å²) in [7, 11) is -5.69. The van der Waals surface area contributed by atoms with Gasteiger partial charge >= 0.3 is 5.97 Å². The Morgan fingerprint density at radius 1 is 1.33 bits per heavy atom. The highest BCUT2D eigenvalue weighted by Gasteiger charge is 2.24. The molecule has 0 spiro atoms. The second-order valence-corrected chi connectivity index (χ2v) is 8.00. The molecule has 11 heteroatoms. The Labute approximate surface area is 141 Å². The fourth-order valence-electron chi connectivity index (χ4n) is 1.65.